The zero-order chi connectivity index (χ0) is 15.3. The summed E-state index contributed by atoms with van der Waals surface area (Å²) in [5, 5.41) is 24.5. The maximum atomic E-state index is 11.7. The second kappa shape index (κ2) is 6.33. The van der Waals surface area contributed by atoms with Gasteiger partial charge in [0, 0.05) is 11.6 Å². The Balaban J connectivity index is 2.66. The summed E-state index contributed by atoms with van der Waals surface area (Å²) in [6.45, 7) is 3.41. The molecular formula is C11H15N3O5S. The highest BCUT2D eigenvalue weighted by Gasteiger charge is 2.28. The van der Waals surface area contributed by atoms with Gasteiger partial charge in [-0.05, 0) is 13.8 Å². The Morgan fingerprint density at radius 1 is 1.40 bits per heavy atom. The Labute approximate surface area is 118 Å². The number of hydrogen-bond acceptors (Lipinski definition) is 5. The van der Waals surface area contributed by atoms with Crippen LogP contribution in [0.15, 0.2) is 11.6 Å². The highest BCUT2D eigenvalue weighted by Crippen LogP contribution is 2.21. The Kier molecular flexibility index (Phi) is 5.03. The second-order valence-electron chi connectivity index (χ2n) is 4.55. The van der Waals surface area contributed by atoms with Gasteiger partial charge in [-0.2, -0.15) is 0 Å². The van der Waals surface area contributed by atoms with E-state index in [9.17, 15) is 14.4 Å². The van der Waals surface area contributed by atoms with Crippen molar-refractivity contribution in [2.24, 2.45) is 0 Å². The van der Waals surface area contributed by atoms with E-state index in [1.807, 2.05) is 0 Å². The molecule has 0 aliphatic carbocycles. The lowest BCUT2D eigenvalue weighted by Crippen LogP contribution is -2.52. The summed E-state index contributed by atoms with van der Waals surface area (Å²) in [5.74, 6) is -2.72. The standard InChI is InChI=1S/C11H15N3O5S/c1-11(2,9-12-3-4-20-9)14-10(19)13-6(8(17)18)5-7(15)16/h3-4,6H,5H2,1-2H3,(H,15,16)(H,17,18)(H2,13,14,19). The van der Waals surface area contributed by atoms with Crippen LogP contribution in [0, 0.1) is 0 Å². The number of hydrogen-bond donors (Lipinski definition) is 4. The molecule has 0 aliphatic heterocycles. The zero-order valence-corrected chi connectivity index (χ0v) is 11.7. The third kappa shape index (κ3) is 4.50. The molecule has 4 N–H and O–H groups in total. The van der Waals surface area contributed by atoms with E-state index in [2.05, 4.69) is 15.6 Å². The number of aliphatic carboxylic acids is 2. The summed E-state index contributed by atoms with van der Waals surface area (Å²) in [5.41, 5.74) is -0.787. The van der Waals surface area contributed by atoms with Crippen LogP contribution in [-0.2, 0) is 15.1 Å². The smallest absolute Gasteiger partial charge is 0.326 e. The molecule has 1 atom stereocenters. The van der Waals surface area contributed by atoms with Gasteiger partial charge in [-0.15, -0.1) is 11.3 Å². The number of aromatic nitrogens is 1. The van der Waals surface area contributed by atoms with Gasteiger partial charge in [0.2, 0.25) is 0 Å². The number of carbonyl (C=O) groups excluding carboxylic acids is 1. The predicted octanol–water partition coefficient (Wildman–Crippen LogP) is 0.605. The second-order valence-corrected chi connectivity index (χ2v) is 5.44. The van der Waals surface area contributed by atoms with Crippen molar-refractivity contribution < 1.29 is 24.6 Å². The van der Waals surface area contributed by atoms with Gasteiger partial charge in [0.05, 0.1) is 12.0 Å². The normalized spacial score (nSPS) is 12.5. The first kappa shape index (κ1) is 15.9. The minimum atomic E-state index is -1.49. The molecule has 1 aromatic rings. The molecule has 1 unspecified atom stereocenters. The van der Waals surface area contributed by atoms with E-state index in [0.717, 1.165) is 0 Å². The summed E-state index contributed by atoms with van der Waals surface area (Å²) in [6, 6.07) is -2.25. The number of rotatable bonds is 6. The first-order valence-corrected chi connectivity index (χ1v) is 6.53. The van der Waals surface area contributed by atoms with Crippen LogP contribution in [0.5, 0.6) is 0 Å². The monoisotopic (exact) mass is 301 g/mol. The zero-order valence-electron chi connectivity index (χ0n) is 10.9. The predicted molar refractivity (Wildman–Crippen MR) is 70.5 cm³/mol. The number of urea groups is 1. The van der Waals surface area contributed by atoms with E-state index < -0.39 is 36.0 Å². The molecule has 1 heterocycles. The Bertz CT molecular complexity index is 500. The van der Waals surface area contributed by atoms with Crippen molar-refractivity contribution in [2.75, 3.05) is 0 Å². The van der Waals surface area contributed by atoms with Crippen LogP contribution >= 0.6 is 11.3 Å². The van der Waals surface area contributed by atoms with Crippen LogP contribution < -0.4 is 10.6 Å². The van der Waals surface area contributed by atoms with Crippen LogP contribution in [0.25, 0.3) is 0 Å². The van der Waals surface area contributed by atoms with E-state index in [-0.39, 0.29) is 0 Å². The summed E-state index contributed by atoms with van der Waals surface area (Å²) < 4.78 is 0. The topological polar surface area (TPSA) is 129 Å². The highest BCUT2D eigenvalue weighted by molar-refractivity contribution is 7.09. The first-order valence-electron chi connectivity index (χ1n) is 5.65. The van der Waals surface area contributed by atoms with Gasteiger partial charge in [0.1, 0.15) is 11.0 Å². The summed E-state index contributed by atoms with van der Waals surface area (Å²) in [7, 11) is 0. The quantitative estimate of drug-likeness (QED) is 0.609. The van der Waals surface area contributed by atoms with Gasteiger partial charge in [-0.1, -0.05) is 0 Å². The molecule has 0 spiro atoms. The van der Waals surface area contributed by atoms with Gasteiger partial charge < -0.3 is 20.8 Å². The Hall–Kier alpha value is -2.16. The van der Waals surface area contributed by atoms with E-state index in [1.54, 1.807) is 25.4 Å². The SMILES string of the molecule is CC(C)(NC(=O)NC(CC(=O)O)C(=O)O)c1nccs1. The minimum absolute atomic E-state index is 0.651. The van der Waals surface area contributed by atoms with Crippen LogP contribution in [0.2, 0.25) is 0 Å². The number of carboxylic acid groups (broad SMARTS) is 2. The third-order valence-electron chi connectivity index (χ3n) is 2.38. The van der Waals surface area contributed by atoms with Gasteiger partial charge in [0.25, 0.3) is 0 Å². The maximum Gasteiger partial charge on any atom is 0.326 e. The van der Waals surface area contributed by atoms with Crippen molar-refractivity contribution in [1.29, 1.82) is 0 Å². The average molecular weight is 301 g/mol. The van der Waals surface area contributed by atoms with E-state index in [4.69, 9.17) is 10.2 Å². The fraction of sp³-hybridized carbons (Fsp3) is 0.455. The molecule has 1 rings (SSSR count). The fourth-order valence-corrected chi connectivity index (χ4v) is 2.16. The van der Waals surface area contributed by atoms with Crippen molar-refractivity contribution in [1.82, 2.24) is 15.6 Å². The molecule has 1 aromatic heterocycles. The molecule has 2 amide bonds. The van der Waals surface area contributed by atoms with Crippen molar-refractivity contribution in [3.05, 3.63) is 16.6 Å². The average Bonchev–Trinajstić information content (AvgIpc) is 2.80. The summed E-state index contributed by atoms with van der Waals surface area (Å²) in [4.78, 5) is 37.2. The van der Waals surface area contributed by atoms with Crippen LogP contribution in [0.4, 0.5) is 4.79 Å². The summed E-state index contributed by atoms with van der Waals surface area (Å²) in [6.07, 6.45) is 0.895. The molecular weight excluding hydrogens is 286 g/mol. The molecule has 8 nitrogen and oxygen atoms in total. The Morgan fingerprint density at radius 2 is 2.05 bits per heavy atom. The number of thiazole rings is 1. The number of nitrogens with one attached hydrogen (secondary N) is 2. The van der Waals surface area contributed by atoms with Crippen LogP contribution in [0.3, 0.4) is 0 Å². The number of nitrogens with zero attached hydrogens (tertiary/aromatic N) is 1. The molecule has 0 bridgehead atoms. The lowest BCUT2D eigenvalue weighted by atomic mass is 10.1. The molecule has 0 aliphatic rings. The lowest BCUT2D eigenvalue weighted by molar-refractivity contribution is -0.145. The van der Waals surface area contributed by atoms with Gasteiger partial charge in [-0.3, -0.25) is 4.79 Å². The minimum Gasteiger partial charge on any atom is -0.481 e. The molecule has 20 heavy (non-hydrogen) atoms. The third-order valence-corrected chi connectivity index (χ3v) is 3.47. The van der Waals surface area contributed by atoms with Crippen LogP contribution in [0.1, 0.15) is 25.3 Å². The first-order chi connectivity index (χ1) is 9.22. The molecule has 0 radical (unpaired) electrons. The van der Waals surface area contributed by atoms with Gasteiger partial charge in [-0.25, -0.2) is 14.6 Å². The summed E-state index contributed by atoms with van der Waals surface area (Å²) >= 11 is 1.34. The van der Waals surface area contributed by atoms with Crippen molar-refractivity contribution in [2.45, 2.75) is 31.8 Å². The molecule has 0 fully saturated rings. The van der Waals surface area contributed by atoms with Crippen molar-refractivity contribution in [3.8, 4) is 0 Å². The van der Waals surface area contributed by atoms with Crippen molar-refractivity contribution >= 4 is 29.3 Å². The van der Waals surface area contributed by atoms with Crippen molar-refractivity contribution in [3.63, 3.8) is 0 Å². The number of carboxylic acids is 2. The molecule has 9 heteroatoms. The van der Waals surface area contributed by atoms with E-state index >= 15 is 0 Å². The molecule has 110 valence electrons. The molecule has 0 saturated carbocycles. The fourth-order valence-electron chi connectivity index (χ4n) is 1.44. The molecule has 0 aromatic carbocycles. The van der Waals surface area contributed by atoms with Gasteiger partial charge in [0.15, 0.2) is 0 Å². The molecule has 0 saturated heterocycles. The number of amides is 2. The highest BCUT2D eigenvalue weighted by atomic mass is 32.1. The van der Waals surface area contributed by atoms with Gasteiger partial charge >= 0.3 is 18.0 Å². The van der Waals surface area contributed by atoms with E-state index in [1.165, 1.54) is 11.3 Å². The Morgan fingerprint density at radius 3 is 2.50 bits per heavy atom. The van der Waals surface area contributed by atoms with Crippen LogP contribution in [-0.4, -0.2) is 39.2 Å². The lowest BCUT2D eigenvalue weighted by Gasteiger charge is -2.25. The van der Waals surface area contributed by atoms with E-state index in [0.29, 0.717) is 5.01 Å². The number of carbonyl (C=O) groups is 3. The largest absolute Gasteiger partial charge is 0.481 e. The maximum absolute atomic E-state index is 11.7.